The van der Waals surface area contributed by atoms with Crippen LogP contribution in [0.15, 0.2) is 47.1 Å². The number of thiazole rings is 1. The smallest absolute Gasteiger partial charge is 0.275 e. The Balaban J connectivity index is 1.51. The summed E-state index contributed by atoms with van der Waals surface area (Å²) < 4.78 is 5.40. The van der Waals surface area contributed by atoms with E-state index in [0.29, 0.717) is 11.5 Å². The van der Waals surface area contributed by atoms with Crippen molar-refractivity contribution in [1.29, 1.82) is 0 Å². The van der Waals surface area contributed by atoms with Gasteiger partial charge in [0.15, 0.2) is 10.8 Å². The van der Waals surface area contributed by atoms with Gasteiger partial charge in [0.2, 0.25) is 0 Å². The summed E-state index contributed by atoms with van der Waals surface area (Å²) in [6.07, 6.45) is 1.61. The Morgan fingerprint density at radius 3 is 2.81 bits per heavy atom. The summed E-state index contributed by atoms with van der Waals surface area (Å²) in [5.74, 6) is 2.85. The molecular formula is C20H21N3O2S2. The average molecular weight is 400 g/mol. The van der Waals surface area contributed by atoms with Crippen LogP contribution in [-0.2, 0) is 6.54 Å². The van der Waals surface area contributed by atoms with E-state index in [1.54, 1.807) is 6.26 Å². The van der Waals surface area contributed by atoms with Gasteiger partial charge < -0.3 is 9.73 Å². The van der Waals surface area contributed by atoms with Crippen LogP contribution in [0.5, 0.6) is 0 Å². The predicted molar refractivity (Wildman–Crippen MR) is 112 cm³/mol. The standard InChI is InChI=1S/C20H21N3O2S2/c1-14-18(22-20(27-14)17-7-4-10-25-17)19(24)21-16-6-3-2-5-15(16)13-23-8-11-26-12-9-23/h2-7,10H,8-9,11-13H2,1H3,(H,21,24). The molecule has 0 bridgehead atoms. The lowest BCUT2D eigenvalue weighted by Gasteiger charge is -2.27. The van der Waals surface area contributed by atoms with Gasteiger partial charge in [0, 0.05) is 41.7 Å². The zero-order chi connectivity index (χ0) is 18.6. The van der Waals surface area contributed by atoms with Gasteiger partial charge in [0.1, 0.15) is 5.69 Å². The second-order valence-corrected chi connectivity index (χ2v) is 8.83. The maximum absolute atomic E-state index is 12.8. The molecule has 1 aliphatic rings. The number of benzene rings is 1. The first-order valence-corrected chi connectivity index (χ1v) is 10.9. The van der Waals surface area contributed by atoms with Crippen LogP contribution in [0.2, 0.25) is 0 Å². The molecule has 3 heterocycles. The lowest BCUT2D eigenvalue weighted by Crippen LogP contribution is -2.32. The van der Waals surface area contributed by atoms with E-state index in [0.717, 1.165) is 40.8 Å². The number of carbonyl (C=O) groups excluding carboxylic acids is 1. The molecule has 0 spiro atoms. The number of hydrogen-bond acceptors (Lipinski definition) is 6. The normalized spacial score (nSPS) is 15.0. The van der Waals surface area contributed by atoms with Crippen LogP contribution in [0.25, 0.3) is 10.8 Å². The first-order chi connectivity index (χ1) is 13.2. The van der Waals surface area contributed by atoms with Gasteiger partial charge in [0.25, 0.3) is 5.91 Å². The molecule has 0 saturated carbocycles. The number of anilines is 1. The van der Waals surface area contributed by atoms with Crippen molar-refractivity contribution >= 4 is 34.7 Å². The fraction of sp³-hybridized carbons (Fsp3) is 0.300. The largest absolute Gasteiger partial charge is 0.462 e. The van der Waals surface area contributed by atoms with E-state index >= 15 is 0 Å². The molecule has 0 radical (unpaired) electrons. The van der Waals surface area contributed by atoms with Crippen LogP contribution >= 0.6 is 23.1 Å². The molecule has 1 aromatic carbocycles. The third-order valence-electron chi connectivity index (χ3n) is 4.51. The molecule has 140 valence electrons. The number of rotatable bonds is 5. The minimum Gasteiger partial charge on any atom is -0.462 e. The molecule has 4 rings (SSSR count). The Kier molecular flexibility index (Phi) is 5.61. The maximum atomic E-state index is 12.8. The van der Waals surface area contributed by atoms with Gasteiger partial charge in [-0.15, -0.1) is 11.3 Å². The molecule has 1 amide bonds. The highest BCUT2D eigenvalue weighted by Gasteiger charge is 2.19. The van der Waals surface area contributed by atoms with Crippen LogP contribution in [0.3, 0.4) is 0 Å². The lowest BCUT2D eigenvalue weighted by atomic mass is 10.1. The molecule has 27 heavy (non-hydrogen) atoms. The van der Waals surface area contributed by atoms with Crippen molar-refractivity contribution < 1.29 is 9.21 Å². The van der Waals surface area contributed by atoms with E-state index < -0.39 is 0 Å². The second kappa shape index (κ2) is 8.29. The highest BCUT2D eigenvalue weighted by molar-refractivity contribution is 7.99. The molecule has 1 aliphatic heterocycles. The zero-order valence-corrected chi connectivity index (χ0v) is 16.7. The van der Waals surface area contributed by atoms with Gasteiger partial charge in [-0.1, -0.05) is 18.2 Å². The number of nitrogens with one attached hydrogen (secondary N) is 1. The molecule has 0 atom stereocenters. The summed E-state index contributed by atoms with van der Waals surface area (Å²) in [6.45, 7) is 4.94. The van der Waals surface area contributed by atoms with Crippen LogP contribution in [0.4, 0.5) is 5.69 Å². The monoisotopic (exact) mass is 399 g/mol. The van der Waals surface area contributed by atoms with Gasteiger partial charge in [-0.25, -0.2) is 4.98 Å². The molecule has 7 heteroatoms. The van der Waals surface area contributed by atoms with Crippen LogP contribution in [0.1, 0.15) is 20.9 Å². The number of aryl methyl sites for hydroxylation is 1. The van der Waals surface area contributed by atoms with E-state index in [-0.39, 0.29) is 5.91 Å². The predicted octanol–water partition coefficient (Wildman–Crippen LogP) is 4.51. The molecule has 1 fully saturated rings. The SMILES string of the molecule is Cc1sc(-c2ccco2)nc1C(=O)Nc1ccccc1CN1CCSCC1. The second-order valence-electron chi connectivity index (χ2n) is 6.40. The number of para-hydroxylation sites is 1. The number of amides is 1. The summed E-state index contributed by atoms with van der Waals surface area (Å²) in [7, 11) is 0. The summed E-state index contributed by atoms with van der Waals surface area (Å²) in [5, 5.41) is 3.78. The summed E-state index contributed by atoms with van der Waals surface area (Å²) in [6, 6.07) is 11.7. The fourth-order valence-corrected chi connectivity index (χ4v) is 4.93. The highest BCUT2D eigenvalue weighted by atomic mass is 32.2. The Morgan fingerprint density at radius 2 is 2.04 bits per heavy atom. The quantitative estimate of drug-likeness (QED) is 0.684. The van der Waals surface area contributed by atoms with E-state index in [1.165, 1.54) is 22.8 Å². The minimum absolute atomic E-state index is 0.178. The molecule has 1 saturated heterocycles. The number of carbonyl (C=O) groups is 1. The molecule has 0 aliphatic carbocycles. The highest BCUT2D eigenvalue weighted by Crippen LogP contribution is 2.29. The molecule has 2 aromatic heterocycles. The number of aromatic nitrogens is 1. The molecular weight excluding hydrogens is 378 g/mol. The average Bonchev–Trinajstić information content (AvgIpc) is 3.34. The summed E-state index contributed by atoms with van der Waals surface area (Å²) in [4.78, 5) is 20.7. The van der Waals surface area contributed by atoms with E-state index in [1.807, 2.05) is 49.0 Å². The number of furan rings is 1. The van der Waals surface area contributed by atoms with Gasteiger partial charge in [-0.2, -0.15) is 11.8 Å². The van der Waals surface area contributed by atoms with Crippen molar-refractivity contribution in [3.05, 3.63) is 58.8 Å². The zero-order valence-electron chi connectivity index (χ0n) is 15.1. The van der Waals surface area contributed by atoms with E-state index in [4.69, 9.17) is 4.42 Å². The molecule has 3 aromatic rings. The van der Waals surface area contributed by atoms with Gasteiger partial charge in [-0.05, 0) is 30.7 Å². The summed E-state index contributed by atoms with van der Waals surface area (Å²) in [5.41, 5.74) is 2.44. The van der Waals surface area contributed by atoms with Crippen molar-refractivity contribution in [1.82, 2.24) is 9.88 Å². The third kappa shape index (κ3) is 4.26. The first-order valence-electron chi connectivity index (χ1n) is 8.91. The molecule has 1 N–H and O–H groups in total. The van der Waals surface area contributed by atoms with Crippen LogP contribution in [-0.4, -0.2) is 40.4 Å². The number of nitrogens with zero attached hydrogens (tertiary/aromatic N) is 2. The topological polar surface area (TPSA) is 58.4 Å². The first kappa shape index (κ1) is 18.3. The molecule has 5 nitrogen and oxygen atoms in total. The van der Waals surface area contributed by atoms with Crippen LogP contribution in [0, 0.1) is 6.92 Å². The van der Waals surface area contributed by atoms with Crippen molar-refractivity contribution in [3.63, 3.8) is 0 Å². The van der Waals surface area contributed by atoms with Crippen molar-refractivity contribution in [2.75, 3.05) is 29.9 Å². The van der Waals surface area contributed by atoms with Gasteiger partial charge in [0.05, 0.1) is 6.26 Å². The number of hydrogen-bond donors (Lipinski definition) is 1. The third-order valence-corrected chi connectivity index (χ3v) is 6.43. The van der Waals surface area contributed by atoms with E-state index in [2.05, 4.69) is 21.3 Å². The Hall–Kier alpha value is -2.09. The number of thioether (sulfide) groups is 1. The van der Waals surface area contributed by atoms with Crippen molar-refractivity contribution in [2.45, 2.75) is 13.5 Å². The Morgan fingerprint density at radius 1 is 1.22 bits per heavy atom. The van der Waals surface area contributed by atoms with Gasteiger partial charge in [-0.3, -0.25) is 9.69 Å². The fourth-order valence-electron chi connectivity index (χ4n) is 3.07. The van der Waals surface area contributed by atoms with Gasteiger partial charge >= 0.3 is 0 Å². The Bertz CT molecular complexity index is 915. The summed E-state index contributed by atoms with van der Waals surface area (Å²) >= 11 is 3.47. The maximum Gasteiger partial charge on any atom is 0.275 e. The Labute approximate surface area is 166 Å². The lowest BCUT2D eigenvalue weighted by molar-refractivity contribution is 0.102. The van der Waals surface area contributed by atoms with E-state index in [9.17, 15) is 4.79 Å². The minimum atomic E-state index is -0.178. The molecule has 0 unspecified atom stereocenters. The van der Waals surface area contributed by atoms with Crippen molar-refractivity contribution in [2.24, 2.45) is 0 Å². The van der Waals surface area contributed by atoms with Crippen molar-refractivity contribution in [3.8, 4) is 10.8 Å². The van der Waals surface area contributed by atoms with Crippen LogP contribution < -0.4 is 5.32 Å².